The number of amides is 1. The van der Waals surface area contributed by atoms with Gasteiger partial charge in [-0.05, 0) is 27.2 Å². The molecule has 2 rings (SSSR count). The van der Waals surface area contributed by atoms with Crippen LogP contribution in [-0.2, 0) is 19.1 Å². The molecule has 0 unspecified atom stereocenters. The highest BCUT2D eigenvalue weighted by molar-refractivity contribution is 5.96. The fraction of sp³-hybridized carbons (Fsp3) is 0.769. The summed E-state index contributed by atoms with van der Waals surface area (Å²) in [5, 5.41) is 9.37. The lowest BCUT2D eigenvalue weighted by atomic mass is 9.97. The van der Waals surface area contributed by atoms with E-state index in [2.05, 4.69) is 0 Å². The molecule has 1 N–H and O–H groups in total. The van der Waals surface area contributed by atoms with E-state index < -0.39 is 34.5 Å². The molecule has 0 aromatic carbocycles. The van der Waals surface area contributed by atoms with Gasteiger partial charge in [0.05, 0.1) is 7.11 Å². The van der Waals surface area contributed by atoms with Crippen LogP contribution in [0.3, 0.4) is 0 Å². The van der Waals surface area contributed by atoms with Gasteiger partial charge in [0, 0.05) is 13.1 Å². The van der Waals surface area contributed by atoms with Crippen LogP contribution in [0, 0.1) is 10.8 Å². The molecule has 112 valence electrons. The van der Waals surface area contributed by atoms with E-state index in [1.165, 1.54) is 12.0 Å². The number of nitrogens with zero attached hydrogens (tertiary/aromatic N) is 1. The van der Waals surface area contributed by atoms with Crippen LogP contribution in [0.2, 0.25) is 0 Å². The molecule has 1 amide bonds. The van der Waals surface area contributed by atoms with Gasteiger partial charge < -0.3 is 19.5 Å². The van der Waals surface area contributed by atoms with E-state index in [0.29, 0.717) is 0 Å². The number of methoxy groups -OCH3 is 1. The molecule has 0 bridgehead atoms. The Morgan fingerprint density at radius 1 is 1.15 bits per heavy atom. The second-order valence-electron chi connectivity index (χ2n) is 6.47. The van der Waals surface area contributed by atoms with Crippen LogP contribution >= 0.6 is 0 Å². The van der Waals surface area contributed by atoms with Gasteiger partial charge in [-0.15, -0.1) is 0 Å². The number of rotatable bonds is 2. The van der Waals surface area contributed by atoms with Crippen molar-refractivity contribution in [3.8, 4) is 0 Å². The van der Waals surface area contributed by atoms with Gasteiger partial charge in [0.25, 0.3) is 0 Å². The van der Waals surface area contributed by atoms with Crippen LogP contribution < -0.4 is 0 Å². The van der Waals surface area contributed by atoms with Crippen molar-refractivity contribution in [3.05, 3.63) is 0 Å². The highest BCUT2D eigenvalue weighted by Gasteiger charge is 2.82. The predicted molar refractivity (Wildman–Crippen MR) is 66.9 cm³/mol. The Hall–Kier alpha value is -1.79. The zero-order valence-corrected chi connectivity index (χ0v) is 12.1. The van der Waals surface area contributed by atoms with Crippen molar-refractivity contribution in [1.29, 1.82) is 0 Å². The highest BCUT2D eigenvalue weighted by Crippen LogP contribution is 2.69. The number of carbonyl (C=O) groups excluding carboxylic acids is 2. The number of carboxylic acids is 1. The summed E-state index contributed by atoms with van der Waals surface area (Å²) in [6.07, 6.45) is -0.394. The number of hydrogen-bond acceptors (Lipinski definition) is 5. The van der Waals surface area contributed by atoms with Gasteiger partial charge in [0.2, 0.25) is 0 Å². The minimum atomic E-state index is -1.23. The highest BCUT2D eigenvalue weighted by atomic mass is 16.6. The van der Waals surface area contributed by atoms with Crippen LogP contribution in [-0.4, -0.2) is 53.8 Å². The molecule has 20 heavy (non-hydrogen) atoms. The van der Waals surface area contributed by atoms with Gasteiger partial charge in [0.15, 0.2) is 0 Å². The third-order valence-electron chi connectivity index (χ3n) is 3.95. The van der Waals surface area contributed by atoms with Crippen LogP contribution in [0.25, 0.3) is 0 Å². The third kappa shape index (κ3) is 1.92. The standard InChI is InChI=1S/C13H19NO6/c1-11(2,3)20-10(18)14-6-12(8(15)16)5-13(12,7-14)9(17)19-4/h5-7H2,1-4H3,(H,15,16)/t12-,13+/m0/s1. The van der Waals surface area contributed by atoms with E-state index in [4.69, 9.17) is 9.47 Å². The van der Waals surface area contributed by atoms with Crippen LogP contribution in [0.4, 0.5) is 4.79 Å². The van der Waals surface area contributed by atoms with Crippen molar-refractivity contribution in [2.45, 2.75) is 32.8 Å². The smallest absolute Gasteiger partial charge is 0.410 e. The summed E-state index contributed by atoms with van der Waals surface area (Å²) in [4.78, 5) is 36.6. The summed E-state index contributed by atoms with van der Waals surface area (Å²) in [5.41, 5.74) is -3.01. The van der Waals surface area contributed by atoms with Gasteiger partial charge in [-0.1, -0.05) is 0 Å². The van der Waals surface area contributed by atoms with Gasteiger partial charge in [-0.25, -0.2) is 4.79 Å². The summed E-state index contributed by atoms with van der Waals surface area (Å²) in [7, 11) is 1.22. The molecule has 0 spiro atoms. The second-order valence-corrected chi connectivity index (χ2v) is 6.47. The molecule has 2 fully saturated rings. The van der Waals surface area contributed by atoms with Crippen molar-refractivity contribution in [2.75, 3.05) is 20.2 Å². The van der Waals surface area contributed by atoms with E-state index in [0.717, 1.165) is 0 Å². The van der Waals surface area contributed by atoms with Gasteiger partial charge in [-0.2, -0.15) is 0 Å². The number of carbonyl (C=O) groups is 3. The van der Waals surface area contributed by atoms with Crippen molar-refractivity contribution in [3.63, 3.8) is 0 Å². The molecule has 1 heterocycles. The van der Waals surface area contributed by atoms with Crippen molar-refractivity contribution in [2.24, 2.45) is 10.8 Å². The molecule has 0 aromatic heterocycles. The maximum Gasteiger partial charge on any atom is 0.410 e. The van der Waals surface area contributed by atoms with E-state index in [9.17, 15) is 19.5 Å². The summed E-state index contributed by atoms with van der Waals surface area (Å²) < 4.78 is 9.92. The summed E-state index contributed by atoms with van der Waals surface area (Å²) >= 11 is 0. The Labute approximate surface area is 116 Å². The number of fused-ring (bicyclic) bond motifs is 1. The molecule has 1 saturated carbocycles. The molecule has 1 saturated heterocycles. The quantitative estimate of drug-likeness (QED) is 0.757. The molecular formula is C13H19NO6. The molecule has 0 radical (unpaired) electrons. The lowest BCUT2D eigenvalue weighted by molar-refractivity contribution is -0.153. The molecule has 7 nitrogen and oxygen atoms in total. The van der Waals surface area contributed by atoms with E-state index in [-0.39, 0.29) is 19.5 Å². The lowest BCUT2D eigenvalue weighted by Gasteiger charge is -2.26. The largest absolute Gasteiger partial charge is 0.481 e. The number of aliphatic carboxylic acids is 1. The fourth-order valence-electron chi connectivity index (χ4n) is 2.92. The molecule has 1 aliphatic carbocycles. The average molecular weight is 285 g/mol. The number of ether oxygens (including phenoxy) is 2. The Bertz CT molecular complexity index is 482. The van der Waals surface area contributed by atoms with Gasteiger partial charge in [-0.3, -0.25) is 9.59 Å². The van der Waals surface area contributed by atoms with Crippen molar-refractivity contribution in [1.82, 2.24) is 4.90 Å². The first-order valence-corrected chi connectivity index (χ1v) is 6.38. The summed E-state index contributed by atoms with van der Waals surface area (Å²) in [6.45, 7) is 5.19. The molecule has 0 aromatic rings. The monoisotopic (exact) mass is 285 g/mol. The van der Waals surface area contributed by atoms with E-state index >= 15 is 0 Å². The van der Waals surface area contributed by atoms with Gasteiger partial charge >= 0.3 is 18.0 Å². The van der Waals surface area contributed by atoms with Crippen LogP contribution in [0.5, 0.6) is 0 Å². The minimum absolute atomic E-state index is 0.0215. The maximum absolute atomic E-state index is 12.0. The van der Waals surface area contributed by atoms with Crippen molar-refractivity contribution >= 4 is 18.0 Å². The molecule has 7 heteroatoms. The average Bonchev–Trinajstić information content (AvgIpc) is 2.85. The zero-order chi connectivity index (χ0) is 15.3. The molecule has 2 aliphatic rings. The Morgan fingerprint density at radius 2 is 1.70 bits per heavy atom. The lowest BCUT2D eigenvalue weighted by Crippen LogP contribution is -2.38. The normalized spacial score (nSPS) is 31.5. The third-order valence-corrected chi connectivity index (χ3v) is 3.95. The Balaban J connectivity index is 2.18. The van der Waals surface area contributed by atoms with Crippen LogP contribution in [0.15, 0.2) is 0 Å². The Kier molecular flexibility index (Phi) is 3.00. The number of hydrogen-bond donors (Lipinski definition) is 1. The SMILES string of the molecule is COC(=O)[C@@]12CN(C(=O)OC(C)(C)C)C[C@]1(C(=O)O)C2. The summed E-state index contributed by atoms with van der Waals surface area (Å²) in [6, 6.07) is 0. The fourth-order valence-corrected chi connectivity index (χ4v) is 2.92. The minimum Gasteiger partial charge on any atom is -0.481 e. The maximum atomic E-state index is 12.0. The Morgan fingerprint density at radius 3 is 2.15 bits per heavy atom. The second kappa shape index (κ2) is 4.10. The number of esters is 1. The predicted octanol–water partition coefficient (Wildman–Crippen LogP) is 0.871. The van der Waals surface area contributed by atoms with Crippen LogP contribution in [0.1, 0.15) is 27.2 Å². The first-order chi connectivity index (χ1) is 9.08. The van der Waals surface area contributed by atoms with E-state index in [1.54, 1.807) is 20.8 Å². The number of carboxylic acid groups (broad SMARTS) is 1. The first-order valence-electron chi connectivity index (χ1n) is 6.38. The number of piperidine rings is 1. The molecule has 1 aliphatic heterocycles. The van der Waals surface area contributed by atoms with Crippen molar-refractivity contribution < 1.29 is 29.0 Å². The summed E-state index contributed by atoms with van der Waals surface area (Å²) in [5.74, 6) is -1.65. The zero-order valence-electron chi connectivity index (χ0n) is 12.1. The van der Waals surface area contributed by atoms with Gasteiger partial charge in [0.1, 0.15) is 16.4 Å². The molecule has 2 atom stereocenters. The topological polar surface area (TPSA) is 93.1 Å². The van der Waals surface area contributed by atoms with E-state index in [1.807, 2.05) is 0 Å². The first kappa shape index (κ1) is 14.6. The molecular weight excluding hydrogens is 266 g/mol. The number of likely N-dealkylation sites (tertiary alicyclic amines) is 1.